The van der Waals surface area contributed by atoms with E-state index in [9.17, 15) is 18.3 Å². The Hall–Kier alpha value is -1.44. The summed E-state index contributed by atoms with van der Waals surface area (Å²) in [6.45, 7) is 9.36. The van der Waals surface area contributed by atoms with Crippen molar-refractivity contribution in [3.05, 3.63) is 28.3 Å². The number of nitrogens with one attached hydrogen (secondary N) is 1. The lowest BCUT2D eigenvalue weighted by atomic mass is 10.0. The summed E-state index contributed by atoms with van der Waals surface area (Å²) < 4.78 is 28.1. The van der Waals surface area contributed by atoms with Crippen molar-refractivity contribution in [2.45, 2.75) is 70.5 Å². The number of β-amino-alcohol motifs (C(OH)–C–C–N with tert-alkyl or cyclic N) is 1. The number of carbonyl (C=O) groups excluding carboxylic acids is 1. The van der Waals surface area contributed by atoms with Crippen molar-refractivity contribution in [2.75, 3.05) is 6.54 Å². The molecule has 0 spiro atoms. The number of benzene rings is 1. The summed E-state index contributed by atoms with van der Waals surface area (Å²) in [5.41, 5.74) is 3.20. The lowest BCUT2D eigenvalue weighted by Crippen LogP contribution is -2.47. The van der Waals surface area contributed by atoms with Crippen LogP contribution in [0.5, 0.6) is 0 Å². The predicted octanol–water partition coefficient (Wildman–Crippen LogP) is 1.57. The van der Waals surface area contributed by atoms with Crippen molar-refractivity contribution in [1.82, 2.24) is 9.62 Å². The summed E-state index contributed by atoms with van der Waals surface area (Å²) >= 11 is 0. The molecule has 0 bridgehead atoms. The van der Waals surface area contributed by atoms with Crippen LogP contribution in [0.3, 0.4) is 0 Å². The maximum Gasteiger partial charge on any atom is 0.244 e. The van der Waals surface area contributed by atoms with Crippen molar-refractivity contribution in [3.63, 3.8) is 0 Å². The van der Waals surface area contributed by atoms with Gasteiger partial charge in [0.1, 0.15) is 6.04 Å². The number of carbonyl (C=O) groups is 1. The zero-order valence-corrected chi connectivity index (χ0v) is 16.9. The minimum atomic E-state index is -3.89. The van der Waals surface area contributed by atoms with E-state index in [4.69, 9.17) is 0 Å². The van der Waals surface area contributed by atoms with Crippen molar-refractivity contribution >= 4 is 15.9 Å². The Morgan fingerprint density at radius 3 is 2.19 bits per heavy atom. The highest BCUT2D eigenvalue weighted by molar-refractivity contribution is 7.89. The number of nitrogens with zero attached hydrogens (tertiary/aromatic N) is 1. The standard InChI is InChI=1S/C19H28N2O4S/c1-10-6-11(2)14(5)18(13(10)4)26(24,25)21-9-15(22)8-17(21)19(23)20-16-7-12(16)3/h6,12,15-17,22H,7-9H2,1-5H3,(H,20,23)/t12-,15+,16+,17-/m0/s1. The molecule has 2 fully saturated rings. The van der Waals surface area contributed by atoms with Crippen molar-refractivity contribution in [3.8, 4) is 0 Å². The molecule has 26 heavy (non-hydrogen) atoms. The number of sulfonamides is 1. The Kier molecular flexibility index (Phi) is 4.92. The van der Waals surface area contributed by atoms with Gasteiger partial charge in [0, 0.05) is 19.0 Å². The van der Waals surface area contributed by atoms with Gasteiger partial charge in [0.05, 0.1) is 11.0 Å². The quantitative estimate of drug-likeness (QED) is 0.830. The van der Waals surface area contributed by atoms with Crippen LogP contribution in [0, 0.1) is 33.6 Å². The van der Waals surface area contributed by atoms with Crippen LogP contribution >= 0.6 is 0 Å². The summed E-state index contributed by atoms with van der Waals surface area (Å²) in [6.07, 6.45) is 0.224. The lowest BCUT2D eigenvalue weighted by molar-refractivity contribution is -0.124. The number of hydrogen-bond acceptors (Lipinski definition) is 4. The fourth-order valence-corrected chi connectivity index (χ4v) is 5.99. The van der Waals surface area contributed by atoms with E-state index in [1.54, 1.807) is 13.8 Å². The second-order valence-corrected chi connectivity index (χ2v) is 9.72. The smallest absolute Gasteiger partial charge is 0.244 e. The van der Waals surface area contributed by atoms with Crippen molar-refractivity contribution in [1.29, 1.82) is 0 Å². The van der Waals surface area contributed by atoms with Crippen LogP contribution in [-0.4, -0.2) is 48.5 Å². The molecule has 2 aliphatic rings. The molecular weight excluding hydrogens is 352 g/mol. The first kappa shape index (κ1) is 19.3. The van der Waals surface area contributed by atoms with Crippen LogP contribution in [-0.2, 0) is 14.8 Å². The van der Waals surface area contributed by atoms with Gasteiger partial charge < -0.3 is 10.4 Å². The minimum Gasteiger partial charge on any atom is -0.392 e. The fourth-order valence-electron chi connectivity index (χ4n) is 3.78. The number of aryl methyl sites for hydroxylation is 2. The Labute approximate surface area is 155 Å². The third-order valence-electron chi connectivity index (χ3n) is 5.84. The molecule has 1 aliphatic carbocycles. The largest absolute Gasteiger partial charge is 0.392 e. The average Bonchev–Trinajstić information content (AvgIpc) is 3.06. The molecule has 1 saturated carbocycles. The molecule has 1 aliphatic heterocycles. The van der Waals surface area contributed by atoms with Gasteiger partial charge in [-0.05, 0) is 62.3 Å². The van der Waals surface area contributed by atoms with Crippen LogP contribution in [0.1, 0.15) is 42.0 Å². The number of aliphatic hydroxyl groups is 1. The molecule has 1 aromatic carbocycles. The number of aliphatic hydroxyl groups excluding tert-OH is 1. The highest BCUT2D eigenvalue weighted by atomic mass is 32.2. The minimum absolute atomic E-state index is 0.0491. The number of hydrogen-bond donors (Lipinski definition) is 2. The molecule has 4 atom stereocenters. The summed E-state index contributed by atoms with van der Waals surface area (Å²) in [5.74, 6) is 0.124. The Bertz CT molecular complexity index is 823. The first-order valence-electron chi connectivity index (χ1n) is 9.11. The third kappa shape index (κ3) is 3.28. The zero-order chi connectivity index (χ0) is 19.4. The van der Waals surface area contributed by atoms with Crippen LogP contribution in [0.2, 0.25) is 0 Å². The third-order valence-corrected chi connectivity index (χ3v) is 7.99. The molecule has 1 saturated heterocycles. The SMILES string of the molecule is Cc1cc(C)c(C)c(S(=O)(=O)N2C[C@H](O)C[C@H]2C(=O)N[C@@H]2C[C@@H]2C)c1C. The second-order valence-electron chi connectivity index (χ2n) is 7.90. The molecule has 0 aromatic heterocycles. The number of amides is 1. The Morgan fingerprint density at radius 2 is 1.69 bits per heavy atom. The van der Waals surface area contributed by atoms with Gasteiger partial charge in [-0.1, -0.05) is 13.0 Å². The highest BCUT2D eigenvalue weighted by Gasteiger charge is 2.46. The Morgan fingerprint density at radius 1 is 1.15 bits per heavy atom. The van der Waals surface area contributed by atoms with Crippen LogP contribution in [0.15, 0.2) is 11.0 Å². The van der Waals surface area contributed by atoms with E-state index < -0.39 is 22.2 Å². The van der Waals surface area contributed by atoms with Gasteiger partial charge >= 0.3 is 0 Å². The molecule has 144 valence electrons. The normalized spacial score (nSPS) is 29.0. The van der Waals surface area contributed by atoms with Gasteiger partial charge in [0.25, 0.3) is 0 Å². The second kappa shape index (κ2) is 6.62. The first-order chi connectivity index (χ1) is 12.0. The van der Waals surface area contributed by atoms with Gasteiger partial charge in [-0.15, -0.1) is 0 Å². The van der Waals surface area contributed by atoms with Gasteiger partial charge in [-0.25, -0.2) is 8.42 Å². The van der Waals surface area contributed by atoms with E-state index in [-0.39, 0.29) is 29.8 Å². The molecule has 3 rings (SSSR count). The molecular formula is C19H28N2O4S. The summed E-state index contributed by atoms with van der Waals surface area (Å²) in [4.78, 5) is 12.9. The average molecular weight is 381 g/mol. The fraction of sp³-hybridized carbons (Fsp3) is 0.632. The summed E-state index contributed by atoms with van der Waals surface area (Å²) in [5, 5.41) is 13.0. The summed E-state index contributed by atoms with van der Waals surface area (Å²) in [6, 6.07) is 1.23. The molecule has 1 amide bonds. The monoisotopic (exact) mass is 380 g/mol. The summed E-state index contributed by atoms with van der Waals surface area (Å²) in [7, 11) is -3.89. The van der Waals surface area contributed by atoms with E-state index >= 15 is 0 Å². The van der Waals surface area contributed by atoms with Crippen molar-refractivity contribution < 1.29 is 18.3 Å². The first-order valence-corrected chi connectivity index (χ1v) is 10.6. The van der Waals surface area contributed by atoms with Gasteiger partial charge in [0.2, 0.25) is 15.9 Å². The van der Waals surface area contributed by atoms with E-state index in [1.165, 1.54) is 4.31 Å². The number of rotatable bonds is 4. The molecule has 2 N–H and O–H groups in total. The van der Waals surface area contributed by atoms with Gasteiger partial charge in [0.15, 0.2) is 0 Å². The molecule has 0 unspecified atom stereocenters. The zero-order valence-electron chi connectivity index (χ0n) is 16.0. The maximum atomic E-state index is 13.4. The topological polar surface area (TPSA) is 86.7 Å². The van der Waals surface area contributed by atoms with Crippen LogP contribution in [0.25, 0.3) is 0 Å². The van der Waals surface area contributed by atoms with Crippen LogP contribution < -0.4 is 5.32 Å². The molecule has 7 heteroatoms. The molecule has 1 heterocycles. The molecule has 1 aromatic rings. The Balaban J connectivity index is 1.99. The van der Waals surface area contributed by atoms with Crippen molar-refractivity contribution in [2.24, 2.45) is 5.92 Å². The molecule has 0 radical (unpaired) electrons. The van der Waals surface area contributed by atoms with E-state index in [2.05, 4.69) is 5.32 Å². The predicted molar refractivity (Wildman–Crippen MR) is 99.4 cm³/mol. The maximum absolute atomic E-state index is 13.4. The van der Waals surface area contributed by atoms with E-state index in [1.807, 2.05) is 26.8 Å². The van der Waals surface area contributed by atoms with E-state index in [0.717, 1.165) is 17.5 Å². The van der Waals surface area contributed by atoms with E-state index in [0.29, 0.717) is 17.0 Å². The van der Waals surface area contributed by atoms with Gasteiger partial charge in [-0.2, -0.15) is 4.31 Å². The lowest BCUT2D eigenvalue weighted by Gasteiger charge is -2.26. The highest BCUT2D eigenvalue weighted by Crippen LogP contribution is 2.34. The van der Waals surface area contributed by atoms with Gasteiger partial charge in [-0.3, -0.25) is 4.79 Å². The van der Waals surface area contributed by atoms with Crippen LogP contribution in [0.4, 0.5) is 0 Å². The molecule has 6 nitrogen and oxygen atoms in total.